The molecule has 37 heteroatoms. The van der Waals surface area contributed by atoms with E-state index in [0.717, 1.165) is 38.9 Å². The summed E-state index contributed by atoms with van der Waals surface area (Å²) in [5, 5.41) is 25.2. The minimum atomic E-state index is -3.36. The number of methoxy groups -OCH3 is 3. The third-order valence-corrected chi connectivity index (χ3v) is 26.0. The number of hydrogen-bond donors (Lipinski definition) is 3. The fourth-order valence-electron chi connectivity index (χ4n) is 9.88. The number of hydrogen-bond acceptors (Lipinski definition) is 26. The summed E-state index contributed by atoms with van der Waals surface area (Å²) >= 11 is 7.79. The van der Waals surface area contributed by atoms with Gasteiger partial charge in [-0.1, -0.05) is 36.4 Å². The number of rotatable bonds is 13. The number of nitrogens with zero attached hydrogens (tertiary/aromatic N) is 4. The van der Waals surface area contributed by atoms with Crippen LogP contribution in [0.5, 0.6) is 28.7 Å². The highest BCUT2D eigenvalue weighted by molar-refractivity contribution is 9.11. The Bertz CT molecular complexity index is 5200. The maximum atomic E-state index is 12.1. The summed E-state index contributed by atoms with van der Waals surface area (Å²) in [6, 6.07) is 35.7. The number of thiophene rings is 1. The van der Waals surface area contributed by atoms with E-state index in [9.17, 15) is 42.1 Å². The average Bonchev–Trinajstić information content (AvgIpc) is 1.60. The number of aromatic hydroxyl groups is 2. The topological polar surface area (TPSA) is 350 Å². The number of benzene rings is 6. The Morgan fingerprint density at radius 3 is 1.25 bits per heavy atom. The minimum absolute atomic E-state index is 0.0300. The Kier molecular flexibility index (Phi) is 30.1. The maximum absolute atomic E-state index is 12.1. The van der Waals surface area contributed by atoms with E-state index < -0.39 is 81.5 Å². The van der Waals surface area contributed by atoms with Crippen molar-refractivity contribution in [3.05, 3.63) is 166 Å². The molecular formula is C73H94B3Br2N5O21S6. The fraction of sp³-hybridized carbons (Fsp3) is 0.384. The fourth-order valence-corrected chi connectivity index (χ4v) is 15.3. The second-order valence-electron chi connectivity index (χ2n) is 28.5. The number of ether oxygens (including phenoxy) is 3. The summed E-state index contributed by atoms with van der Waals surface area (Å²) in [4.78, 5) is 11.2. The van der Waals surface area contributed by atoms with E-state index >= 15 is 0 Å². The first-order valence-corrected chi connectivity index (χ1v) is 45.4. The molecule has 3 aromatic heterocycles. The van der Waals surface area contributed by atoms with E-state index in [-0.39, 0.29) is 58.4 Å². The molecule has 0 bridgehead atoms. The van der Waals surface area contributed by atoms with Crippen LogP contribution < -0.4 is 25.0 Å². The number of sulfone groups is 5. The number of phenolic OH excluding ortho intramolecular Hbond substituents is 2. The molecule has 0 spiro atoms. The van der Waals surface area contributed by atoms with Gasteiger partial charge in [0.05, 0.1) is 117 Å². The maximum Gasteiger partial charge on any atom is 0.498 e. The molecule has 0 radical (unpaired) electrons. The highest BCUT2D eigenvalue weighted by Crippen LogP contribution is 2.45. The van der Waals surface area contributed by atoms with Crippen LogP contribution in [0.3, 0.4) is 0 Å². The van der Waals surface area contributed by atoms with Gasteiger partial charge in [-0.05, 0) is 219 Å². The molecule has 26 nitrogen and oxygen atoms in total. The van der Waals surface area contributed by atoms with E-state index in [2.05, 4.69) is 47.3 Å². The molecule has 12 rings (SSSR count). The highest BCUT2D eigenvalue weighted by atomic mass is 79.9. The molecular weight excluding hydrogens is 1670 g/mol. The summed E-state index contributed by atoms with van der Waals surface area (Å²) in [5.41, 5.74) is 1.18. The van der Waals surface area contributed by atoms with Gasteiger partial charge in [0, 0.05) is 66.0 Å². The lowest BCUT2D eigenvalue weighted by atomic mass is 9.49. The van der Waals surface area contributed by atoms with Crippen molar-refractivity contribution in [3.8, 4) is 39.9 Å². The highest BCUT2D eigenvalue weighted by Gasteiger charge is 2.64. The van der Waals surface area contributed by atoms with Gasteiger partial charge in [-0.15, -0.1) is 11.3 Å². The molecule has 0 saturated carbocycles. The lowest BCUT2D eigenvalue weighted by Gasteiger charge is -2.32. The van der Waals surface area contributed by atoms with E-state index in [1.807, 2.05) is 140 Å². The Morgan fingerprint density at radius 1 is 0.482 bits per heavy atom. The Balaban J connectivity index is 0.000000209. The van der Waals surface area contributed by atoms with Crippen molar-refractivity contribution in [1.82, 2.24) is 19.7 Å². The van der Waals surface area contributed by atoms with Crippen LogP contribution in [-0.2, 0) is 84.2 Å². The molecule has 6 aromatic carbocycles. The Hall–Kier alpha value is -6.97. The standard InChI is InChI=1S/C19H19N5O3S2.C14H21BO5S.C12H24B2O4.C8H9BrO3S.C7H7BrO3S.C7H8O3S.C6H6/c1-11-17(14-7-13(29(4,25)26)5-6-15(14)27-3)18-16(28-11)9-20-19(23-18)22-12-8-21-24(2)10-12;1-13(2)14(3,4)20-15(19-13)11-9-10(21(6,16)17)7-8-12(11)18-5;1-9(2)10(3,4)16-13(15-9)14-17-11(5,6)12(7,8)18-14;1-12-8-4-3-6(5-7(8)9)13(2,10)11;1-12(10,11)5-2-3-7(9)6(8)4-5;1-11(9,10)7-4-2-6(8)3-5-7;1-2-4-6-5-3-1/h5-10H,1-4H3,(H,20,22,23);7-9H,1-6H3;1-8H3;3-5H,1-2H3;2-4,9H,1H3;2-5,8H,1H3;1-6H. The van der Waals surface area contributed by atoms with Gasteiger partial charge < -0.3 is 57.7 Å². The van der Waals surface area contributed by atoms with Crippen LogP contribution in [0.25, 0.3) is 21.3 Å². The summed E-state index contributed by atoms with van der Waals surface area (Å²) in [7, 11) is -11.3. The normalized spacial score (nSPS) is 16.4. The van der Waals surface area contributed by atoms with Crippen LogP contribution in [0.4, 0.5) is 11.6 Å². The number of halogens is 2. The third-order valence-electron chi connectivity index (χ3n) is 18.2. The molecule has 9 aromatic rings. The predicted molar refractivity (Wildman–Crippen MR) is 438 cm³/mol. The second kappa shape index (κ2) is 36.0. The van der Waals surface area contributed by atoms with Crippen LogP contribution in [-0.4, -0.2) is 179 Å². The van der Waals surface area contributed by atoms with Gasteiger partial charge in [0.25, 0.3) is 0 Å². The first-order valence-electron chi connectivity index (χ1n) is 33.5. The van der Waals surface area contributed by atoms with Gasteiger partial charge in [0.1, 0.15) is 28.7 Å². The lowest BCUT2D eigenvalue weighted by Crippen LogP contribution is -2.41. The van der Waals surface area contributed by atoms with Crippen molar-refractivity contribution < 1.29 is 94.4 Å². The Morgan fingerprint density at radius 2 is 0.855 bits per heavy atom. The lowest BCUT2D eigenvalue weighted by molar-refractivity contribution is 0.00578. The molecule has 110 heavy (non-hydrogen) atoms. The quantitative estimate of drug-likeness (QED) is 0.0903. The van der Waals surface area contributed by atoms with Gasteiger partial charge in [0.2, 0.25) is 5.95 Å². The number of fused-ring (bicyclic) bond motifs is 1. The molecule has 0 amide bonds. The van der Waals surface area contributed by atoms with Crippen molar-refractivity contribution in [2.45, 2.75) is 148 Å². The SMILES string of the molecule is CC1(C)OB(B2OC(C)(C)C(C)(C)O2)OC1(C)C.COc1ccc(S(C)(=O)=O)cc1-c1c(C)sc2cnc(Nc3cnn(C)c3)nc12.COc1ccc(S(C)(=O)=O)cc1B1OC(C)(C)C(C)(C)O1.COc1ccc(S(C)(=O)=O)cc1Br.CS(=O)(=O)c1ccc(O)c(Br)c1.CS(=O)(=O)c1ccc(O)cc1.c1ccccc1. The predicted octanol–water partition coefficient (Wildman–Crippen LogP) is 13.1. The van der Waals surface area contributed by atoms with Gasteiger partial charge in [0.15, 0.2) is 49.2 Å². The van der Waals surface area contributed by atoms with E-state index in [0.29, 0.717) is 43.2 Å². The van der Waals surface area contributed by atoms with Crippen molar-refractivity contribution in [2.75, 3.05) is 57.9 Å². The zero-order valence-corrected chi connectivity index (χ0v) is 73.4. The van der Waals surface area contributed by atoms with Gasteiger partial charge in [-0.2, -0.15) is 5.10 Å². The van der Waals surface area contributed by atoms with E-state index in [4.69, 9.17) is 57.3 Å². The van der Waals surface area contributed by atoms with Crippen LogP contribution in [0.1, 0.15) is 88.0 Å². The molecule has 0 atom stereocenters. The number of aromatic nitrogens is 4. The first kappa shape index (κ1) is 91.9. The number of anilines is 2. The summed E-state index contributed by atoms with van der Waals surface area (Å²) in [6.07, 6.45) is 11.0. The van der Waals surface area contributed by atoms with Gasteiger partial charge in [-0.25, -0.2) is 52.1 Å². The Labute approximate surface area is 668 Å². The summed E-state index contributed by atoms with van der Waals surface area (Å²) < 4.78 is 169. The smallest absolute Gasteiger partial charge is 0.498 e. The van der Waals surface area contributed by atoms with E-state index in [1.54, 1.807) is 71.9 Å². The molecule has 3 aliphatic heterocycles. The van der Waals surface area contributed by atoms with Crippen molar-refractivity contribution in [3.63, 3.8) is 0 Å². The average molecular weight is 1760 g/mol. The van der Waals surface area contributed by atoms with Crippen molar-refractivity contribution >= 4 is 141 Å². The molecule has 3 saturated heterocycles. The molecule has 6 heterocycles. The zero-order valence-electron chi connectivity index (χ0n) is 65.3. The summed E-state index contributed by atoms with van der Waals surface area (Å²) in [5.74, 6) is 2.27. The van der Waals surface area contributed by atoms with E-state index in [1.165, 1.54) is 93.7 Å². The number of aryl methyl sites for hydroxylation is 2. The summed E-state index contributed by atoms with van der Waals surface area (Å²) in [6.45, 7) is 26.0. The van der Waals surface area contributed by atoms with Crippen LogP contribution in [0.2, 0.25) is 0 Å². The third kappa shape index (κ3) is 24.3. The number of phenols is 2. The largest absolute Gasteiger partial charge is 0.508 e. The molecule has 3 aliphatic rings. The second-order valence-corrected chi connectivity index (χ2v) is 41.5. The van der Waals surface area contributed by atoms with Crippen LogP contribution in [0, 0.1) is 6.92 Å². The minimum Gasteiger partial charge on any atom is -0.508 e. The number of nitrogens with one attached hydrogen (secondary N) is 1. The molecule has 3 fully saturated rings. The first-order chi connectivity index (χ1) is 50.5. The zero-order chi connectivity index (χ0) is 82.9. The van der Waals surface area contributed by atoms with Crippen LogP contribution in [0.15, 0.2) is 185 Å². The van der Waals surface area contributed by atoms with Crippen molar-refractivity contribution in [1.29, 1.82) is 0 Å². The van der Waals surface area contributed by atoms with Gasteiger partial charge in [-0.3, -0.25) is 4.68 Å². The monoisotopic (exact) mass is 1760 g/mol. The van der Waals surface area contributed by atoms with Crippen molar-refractivity contribution in [2.24, 2.45) is 7.05 Å². The molecule has 0 aliphatic carbocycles. The van der Waals surface area contributed by atoms with Gasteiger partial charge >= 0.3 is 21.1 Å². The molecule has 0 unspecified atom stereocenters. The molecule has 596 valence electrons. The van der Waals surface area contributed by atoms with Crippen LogP contribution >= 0.6 is 43.2 Å². The molecule has 3 N–H and O–H groups in total.